The maximum atomic E-state index is 13.1. The molecule has 0 radical (unpaired) electrons. The minimum absolute atomic E-state index is 0.129. The van der Waals surface area contributed by atoms with Gasteiger partial charge < -0.3 is 15.0 Å². The summed E-state index contributed by atoms with van der Waals surface area (Å²) >= 11 is 0. The van der Waals surface area contributed by atoms with Gasteiger partial charge in [-0.15, -0.1) is 0 Å². The van der Waals surface area contributed by atoms with Crippen molar-refractivity contribution in [3.8, 4) is 0 Å². The van der Waals surface area contributed by atoms with Gasteiger partial charge in [0.05, 0.1) is 18.0 Å². The van der Waals surface area contributed by atoms with E-state index < -0.39 is 5.69 Å². The molecule has 1 aromatic heterocycles. The molecule has 0 aliphatic carbocycles. The number of para-hydroxylation sites is 2. The van der Waals surface area contributed by atoms with Gasteiger partial charge in [-0.25, -0.2) is 4.79 Å². The highest BCUT2D eigenvalue weighted by Gasteiger charge is 2.28. The fourth-order valence-electron chi connectivity index (χ4n) is 4.72. The van der Waals surface area contributed by atoms with Crippen molar-refractivity contribution in [1.82, 2.24) is 9.55 Å². The first-order chi connectivity index (χ1) is 16.9. The SMILES string of the molecule is CCOC(=O)C1CCN(c2nc(=O)n(CC(=O)Nc3c(C)cccc3CC)c3ccccc23)CC1. The van der Waals surface area contributed by atoms with E-state index in [4.69, 9.17) is 4.74 Å². The van der Waals surface area contributed by atoms with E-state index in [1.54, 1.807) is 0 Å². The number of carbonyl (C=O) groups is 2. The Morgan fingerprint density at radius 3 is 2.54 bits per heavy atom. The fourth-order valence-corrected chi connectivity index (χ4v) is 4.72. The number of hydrogen-bond donors (Lipinski definition) is 1. The van der Waals surface area contributed by atoms with Crippen molar-refractivity contribution >= 4 is 34.3 Å². The summed E-state index contributed by atoms with van der Waals surface area (Å²) in [4.78, 5) is 44.6. The molecule has 0 atom stereocenters. The van der Waals surface area contributed by atoms with Crippen LogP contribution < -0.4 is 15.9 Å². The van der Waals surface area contributed by atoms with Crippen molar-refractivity contribution < 1.29 is 14.3 Å². The third-order valence-corrected chi connectivity index (χ3v) is 6.59. The van der Waals surface area contributed by atoms with Crippen molar-refractivity contribution in [3.63, 3.8) is 0 Å². The summed E-state index contributed by atoms with van der Waals surface area (Å²) < 4.78 is 6.58. The van der Waals surface area contributed by atoms with E-state index in [0.717, 1.165) is 28.6 Å². The smallest absolute Gasteiger partial charge is 0.350 e. The first-order valence-electron chi connectivity index (χ1n) is 12.2. The van der Waals surface area contributed by atoms with Crippen LogP contribution >= 0.6 is 0 Å². The Bertz CT molecular complexity index is 1290. The zero-order valence-electron chi connectivity index (χ0n) is 20.5. The highest BCUT2D eigenvalue weighted by molar-refractivity contribution is 5.95. The van der Waals surface area contributed by atoms with Gasteiger partial charge in [0.15, 0.2) is 0 Å². The monoisotopic (exact) mass is 476 g/mol. The molecule has 1 amide bonds. The molecule has 8 nitrogen and oxygen atoms in total. The normalized spacial score (nSPS) is 14.2. The molecule has 2 aromatic carbocycles. The highest BCUT2D eigenvalue weighted by atomic mass is 16.5. The number of rotatable bonds is 7. The van der Waals surface area contributed by atoms with Gasteiger partial charge in [0, 0.05) is 24.2 Å². The average Bonchev–Trinajstić information content (AvgIpc) is 2.87. The largest absolute Gasteiger partial charge is 0.466 e. The number of ether oxygens (including phenoxy) is 1. The Labute approximate surface area is 204 Å². The van der Waals surface area contributed by atoms with Gasteiger partial charge in [-0.3, -0.25) is 14.2 Å². The number of aromatic nitrogens is 2. The van der Waals surface area contributed by atoms with Gasteiger partial charge in [-0.1, -0.05) is 37.3 Å². The lowest BCUT2D eigenvalue weighted by Gasteiger charge is -2.32. The van der Waals surface area contributed by atoms with Gasteiger partial charge in [-0.2, -0.15) is 4.98 Å². The van der Waals surface area contributed by atoms with E-state index >= 15 is 0 Å². The van der Waals surface area contributed by atoms with Gasteiger partial charge in [0.1, 0.15) is 12.4 Å². The number of anilines is 2. The number of esters is 1. The van der Waals surface area contributed by atoms with E-state index in [1.807, 2.05) is 68.1 Å². The molecule has 184 valence electrons. The molecule has 35 heavy (non-hydrogen) atoms. The third kappa shape index (κ3) is 5.21. The van der Waals surface area contributed by atoms with Crippen LogP contribution in [0.5, 0.6) is 0 Å². The van der Waals surface area contributed by atoms with Crippen LogP contribution in [0.4, 0.5) is 11.5 Å². The lowest BCUT2D eigenvalue weighted by Crippen LogP contribution is -2.39. The van der Waals surface area contributed by atoms with Gasteiger partial charge in [0.25, 0.3) is 0 Å². The van der Waals surface area contributed by atoms with E-state index in [9.17, 15) is 14.4 Å². The van der Waals surface area contributed by atoms with Crippen LogP contribution in [0.2, 0.25) is 0 Å². The second-order valence-electron chi connectivity index (χ2n) is 8.85. The Balaban J connectivity index is 1.59. The molecular weight excluding hydrogens is 444 g/mol. The minimum Gasteiger partial charge on any atom is -0.466 e. The minimum atomic E-state index is -0.470. The molecule has 8 heteroatoms. The average molecular weight is 477 g/mol. The quantitative estimate of drug-likeness (QED) is 0.523. The molecule has 1 aliphatic rings. The number of nitrogens with zero attached hydrogens (tertiary/aromatic N) is 3. The Kier molecular flexibility index (Phi) is 7.48. The zero-order chi connectivity index (χ0) is 24.9. The van der Waals surface area contributed by atoms with Crippen molar-refractivity contribution in [2.24, 2.45) is 5.92 Å². The summed E-state index contributed by atoms with van der Waals surface area (Å²) in [5, 5.41) is 3.80. The summed E-state index contributed by atoms with van der Waals surface area (Å²) in [6.07, 6.45) is 2.09. The van der Waals surface area contributed by atoms with Crippen LogP contribution in [-0.2, 0) is 27.3 Å². The maximum absolute atomic E-state index is 13.1. The van der Waals surface area contributed by atoms with Crippen molar-refractivity contribution in [2.75, 3.05) is 29.9 Å². The number of piperidine rings is 1. The topological polar surface area (TPSA) is 93.5 Å². The van der Waals surface area contributed by atoms with E-state index in [-0.39, 0.29) is 24.3 Å². The van der Waals surface area contributed by atoms with Gasteiger partial charge in [0.2, 0.25) is 5.91 Å². The first kappa shape index (κ1) is 24.4. The number of aryl methyl sites for hydroxylation is 2. The van der Waals surface area contributed by atoms with Crippen molar-refractivity contribution in [3.05, 3.63) is 64.1 Å². The lowest BCUT2D eigenvalue weighted by molar-refractivity contribution is -0.148. The summed E-state index contributed by atoms with van der Waals surface area (Å²) in [5.74, 6) is 0.0325. The molecule has 2 heterocycles. The molecule has 0 bridgehead atoms. The number of fused-ring (bicyclic) bond motifs is 1. The molecule has 0 spiro atoms. The zero-order valence-corrected chi connectivity index (χ0v) is 20.5. The van der Waals surface area contributed by atoms with E-state index in [1.165, 1.54) is 4.57 Å². The van der Waals surface area contributed by atoms with E-state index in [0.29, 0.717) is 43.9 Å². The molecule has 1 fully saturated rings. The number of carbonyl (C=O) groups excluding carboxylic acids is 2. The van der Waals surface area contributed by atoms with Crippen LogP contribution in [0.1, 0.15) is 37.8 Å². The summed E-state index contributed by atoms with van der Waals surface area (Å²) in [6, 6.07) is 13.4. The number of amides is 1. The maximum Gasteiger partial charge on any atom is 0.350 e. The van der Waals surface area contributed by atoms with Crippen LogP contribution in [-0.4, -0.2) is 41.1 Å². The summed E-state index contributed by atoms with van der Waals surface area (Å²) in [5.41, 5.74) is 3.02. The Morgan fingerprint density at radius 1 is 1.09 bits per heavy atom. The Hall–Kier alpha value is -3.68. The number of nitrogens with one attached hydrogen (secondary N) is 1. The molecule has 4 rings (SSSR count). The molecule has 1 saturated heterocycles. The predicted octanol–water partition coefficient (Wildman–Crippen LogP) is 3.69. The standard InChI is InChI=1S/C27H32N4O4/c1-4-19-10-8-9-18(3)24(19)28-23(32)17-31-22-12-7-6-11-21(22)25(29-27(31)34)30-15-13-20(14-16-30)26(33)35-5-2/h6-12,20H,4-5,13-17H2,1-3H3,(H,28,32). The molecule has 0 saturated carbocycles. The molecule has 1 aliphatic heterocycles. The second-order valence-corrected chi connectivity index (χ2v) is 8.85. The third-order valence-electron chi connectivity index (χ3n) is 6.59. The van der Waals surface area contributed by atoms with Gasteiger partial charge in [-0.05, 0) is 56.4 Å². The fraction of sp³-hybridized carbons (Fsp3) is 0.407. The van der Waals surface area contributed by atoms with Gasteiger partial charge >= 0.3 is 11.7 Å². The number of hydrogen-bond acceptors (Lipinski definition) is 6. The van der Waals surface area contributed by atoms with Crippen LogP contribution in [0, 0.1) is 12.8 Å². The lowest BCUT2D eigenvalue weighted by atomic mass is 9.97. The summed E-state index contributed by atoms with van der Waals surface area (Å²) in [7, 11) is 0. The molecule has 0 unspecified atom stereocenters. The highest BCUT2D eigenvalue weighted by Crippen LogP contribution is 2.28. The van der Waals surface area contributed by atoms with Crippen LogP contribution in [0.15, 0.2) is 47.3 Å². The van der Waals surface area contributed by atoms with Crippen molar-refractivity contribution in [1.29, 1.82) is 0 Å². The van der Waals surface area contributed by atoms with Crippen LogP contribution in [0.3, 0.4) is 0 Å². The predicted molar refractivity (Wildman–Crippen MR) is 137 cm³/mol. The Morgan fingerprint density at radius 2 is 1.83 bits per heavy atom. The molecule has 3 aromatic rings. The first-order valence-corrected chi connectivity index (χ1v) is 12.2. The molecular formula is C27H32N4O4. The summed E-state index contributed by atoms with van der Waals surface area (Å²) in [6.45, 7) is 7.27. The number of benzene rings is 2. The second kappa shape index (κ2) is 10.7. The van der Waals surface area contributed by atoms with Crippen LogP contribution in [0.25, 0.3) is 10.9 Å². The van der Waals surface area contributed by atoms with Crippen molar-refractivity contribution in [2.45, 2.75) is 46.6 Å². The molecule has 1 N–H and O–H groups in total. The van der Waals surface area contributed by atoms with E-state index in [2.05, 4.69) is 10.3 Å².